The summed E-state index contributed by atoms with van der Waals surface area (Å²) in [5.41, 5.74) is -0.202. The summed E-state index contributed by atoms with van der Waals surface area (Å²) in [6, 6.07) is 12.9. The molecule has 30 heavy (non-hydrogen) atoms. The summed E-state index contributed by atoms with van der Waals surface area (Å²) < 4.78 is 0. The second kappa shape index (κ2) is 8.07. The van der Waals surface area contributed by atoms with E-state index in [1.165, 1.54) is 0 Å². The van der Waals surface area contributed by atoms with Crippen molar-refractivity contribution < 1.29 is 14.4 Å². The topological polar surface area (TPSA) is 81.8 Å². The normalized spacial score (nSPS) is 19.0. The van der Waals surface area contributed by atoms with Gasteiger partial charge in [-0.1, -0.05) is 50.2 Å². The standard InChI is InChI=1S/C23H28N4O3/c1-16(2)14-26-12-10-23(11-13-26)21(29)27(22(30)25-23)15-20(28)24-19-9-5-7-17-6-3-4-8-18(17)19/h3-9,16H,10-15H2,1-2H3,(H,24,28)(H,25,30). The molecule has 158 valence electrons. The Hall–Kier alpha value is -2.93. The number of nitrogens with one attached hydrogen (secondary N) is 2. The maximum absolute atomic E-state index is 13.1. The Bertz CT molecular complexity index is 974. The average molecular weight is 409 g/mol. The second-order valence-corrected chi connectivity index (χ2v) is 8.67. The Balaban J connectivity index is 1.42. The van der Waals surface area contributed by atoms with Gasteiger partial charge in [-0.25, -0.2) is 4.79 Å². The lowest BCUT2D eigenvalue weighted by Gasteiger charge is -2.37. The number of rotatable bonds is 5. The van der Waals surface area contributed by atoms with Crippen molar-refractivity contribution in [2.45, 2.75) is 32.2 Å². The number of likely N-dealkylation sites (tertiary alicyclic amines) is 1. The maximum Gasteiger partial charge on any atom is 0.325 e. The van der Waals surface area contributed by atoms with Crippen LogP contribution in [-0.2, 0) is 9.59 Å². The van der Waals surface area contributed by atoms with Crippen molar-refractivity contribution in [3.63, 3.8) is 0 Å². The predicted molar refractivity (Wildman–Crippen MR) is 116 cm³/mol. The molecule has 0 bridgehead atoms. The summed E-state index contributed by atoms with van der Waals surface area (Å²) in [4.78, 5) is 41.6. The quantitative estimate of drug-likeness (QED) is 0.746. The van der Waals surface area contributed by atoms with Gasteiger partial charge in [-0.2, -0.15) is 0 Å². The van der Waals surface area contributed by atoms with E-state index in [1.807, 2.05) is 42.5 Å². The Labute approximate surface area is 176 Å². The summed E-state index contributed by atoms with van der Waals surface area (Å²) >= 11 is 0. The third kappa shape index (κ3) is 3.89. The minimum atomic E-state index is -0.871. The van der Waals surface area contributed by atoms with Crippen molar-refractivity contribution in [3.05, 3.63) is 42.5 Å². The van der Waals surface area contributed by atoms with Gasteiger partial charge in [-0.05, 0) is 30.2 Å². The summed E-state index contributed by atoms with van der Waals surface area (Å²) in [6.45, 7) is 6.56. The molecule has 7 nitrogen and oxygen atoms in total. The SMILES string of the molecule is CC(C)CN1CCC2(CC1)NC(=O)N(CC(=O)Nc1cccc3ccccc13)C2=O. The smallest absolute Gasteiger partial charge is 0.324 e. The monoisotopic (exact) mass is 408 g/mol. The van der Waals surface area contributed by atoms with E-state index in [0.717, 1.165) is 35.3 Å². The van der Waals surface area contributed by atoms with Crippen molar-refractivity contribution in [3.8, 4) is 0 Å². The number of nitrogens with zero attached hydrogens (tertiary/aromatic N) is 2. The Morgan fingerprint density at radius 2 is 1.80 bits per heavy atom. The van der Waals surface area contributed by atoms with Crippen LogP contribution in [0, 0.1) is 5.92 Å². The van der Waals surface area contributed by atoms with E-state index in [2.05, 4.69) is 29.4 Å². The van der Waals surface area contributed by atoms with Crippen LogP contribution in [0.4, 0.5) is 10.5 Å². The molecule has 2 aliphatic rings. The van der Waals surface area contributed by atoms with E-state index in [9.17, 15) is 14.4 Å². The highest BCUT2D eigenvalue weighted by Gasteiger charge is 2.52. The van der Waals surface area contributed by atoms with Crippen LogP contribution < -0.4 is 10.6 Å². The number of benzene rings is 2. The van der Waals surface area contributed by atoms with Gasteiger partial charge in [0, 0.05) is 30.7 Å². The van der Waals surface area contributed by atoms with Crippen molar-refractivity contribution in [1.29, 1.82) is 0 Å². The zero-order chi connectivity index (χ0) is 21.3. The lowest BCUT2D eigenvalue weighted by Crippen LogP contribution is -2.55. The van der Waals surface area contributed by atoms with Gasteiger partial charge < -0.3 is 15.5 Å². The highest BCUT2D eigenvalue weighted by atomic mass is 16.2. The second-order valence-electron chi connectivity index (χ2n) is 8.67. The highest BCUT2D eigenvalue weighted by Crippen LogP contribution is 2.30. The number of anilines is 1. The number of hydrogen-bond acceptors (Lipinski definition) is 4. The van der Waals surface area contributed by atoms with E-state index >= 15 is 0 Å². The first-order valence-corrected chi connectivity index (χ1v) is 10.5. The van der Waals surface area contributed by atoms with Gasteiger partial charge in [0.2, 0.25) is 5.91 Å². The molecule has 2 N–H and O–H groups in total. The molecule has 2 aromatic rings. The molecule has 0 radical (unpaired) electrons. The van der Waals surface area contributed by atoms with Crippen molar-refractivity contribution in [2.75, 3.05) is 31.5 Å². The van der Waals surface area contributed by atoms with Crippen LogP contribution in [0.2, 0.25) is 0 Å². The van der Waals surface area contributed by atoms with Crippen LogP contribution in [0.3, 0.4) is 0 Å². The molecule has 2 aliphatic heterocycles. The number of piperidine rings is 1. The minimum absolute atomic E-state index is 0.286. The fourth-order valence-electron chi connectivity index (χ4n) is 4.46. The Morgan fingerprint density at radius 1 is 1.10 bits per heavy atom. The van der Waals surface area contributed by atoms with Crippen molar-refractivity contribution in [1.82, 2.24) is 15.1 Å². The Kier molecular flexibility index (Phi) is 5.47. The third-order valence-corrected chi connectivity index (χ3v) is 5.94. The van der Waals surface area contributed by atoms with E-state index in [4.69, 9.17) is 0 Å². The first kappa shape index (κ1) is 20.3. The van der Waals surface area contributed by atoms with Gasteiger partial charge in [0.15, 0.2) is 0 Å². The zero-order valence-corrected chi connectivity index (χ0v) is 17.5. The summed E-state index contributed by atoms with van der Waals surface area (Å²) in [7, 11) is 0. The molecule has 1 spiro atoms. The lowest BCUT2D eigenvalue weighted by atomic mass is 9.87. The third-order valence-electron chi connectivity index (χ3n) is 5.94. The number of hydrogen-bond donors (Lipinski definition) is 2. The maximum atomic E-state index is 13.1. The van der Waals surface area contributed by atoms with Crippen molar-refractivity contribution in [2.24, 2.45) is 5.92 Å². The van der Waals surface area contributed by atoms with E-state index in [0.29, 0.717) is 24.4 Å². The molecule has 2 heterocycles. The van der Waals surface area contributed by atoms with E-state index in [1.54, 1.807) is 0 Å². The zero-order valence-electron chi connectivity index (χ0n) is 17.5. The number of carbonyl (C=O) groups excluding carboxylic acids is 3. The van der Waals surface area contributed by atoms with Gasteiger partial charge in [0.1, 0.15) is 12.1 Å². The van der Waals surface area contributed by atoms with Crippen LogP contribution in [0.1, 0.15) is 26.7 Å². The van der Waals surface area contributed by atoms with Crippen molar-refractivity contribution >= 4 is 34.3 Å². The molecule has 2 fully saturated rings. The molecule has 2 aromatic carbocycles. The van der Waals surface area contributed by atoms with Crippen LogP contribution in [0.5, 0.6) is 0 Å². The Morgan fingerprint density at radius 3 is 2.53 bits per heavy atom. The molecule has 0 aromatic heterocycles. The first-order chi connectivity index (χ1) is 14.4. The molecular weight excluding hydrogens is 380 g/mol. The summed E-state index contributed by atoms with van der Waals surface area (Å²) in [6.07, 6.45) is 1.15. The average Bonchev–Trinajstić information content (AvgIpc) is 2.94. The lowest BCUT2D eigenvalue weighted by molar-refractivity contribution is -0.135. The number of fused-ring (bicyclic) bond motifs is 1. The van der Waals surface area contributed by atoms with E-state index in [-0.39, 0.29) is 18.4 Å². The minimum Gasteiger partial charge on any atom is -0.324 e. The predicted octanol–water partition coefficient (Wildman–Crippen LogP) is 2.82. The van der Waals surface area contributed by atoms with Crippen LogP contribution >= 0.6 is 0 Å². The molecule has 7 heteroatoms. The molecule has 4 amide bonds. The molecule has 0 aliphatic carbocycles. The largest absolute Gasteiger partial charge is 0.325 e. The molecule has 4 rings (SSSR count). The van der Waals surface area contributed by atoms with Crippen LogP contribution in [0.25, 0.3) is 10.8 Å². The van der Waals surface area contributed by atoms with Gasteiger partial charge in [0.05, 0.1) is 0 Å². The van der Waals surface area contributed by atoms with E-state index < -0.39 is 11.6 Å². The summed E-state index contributed by atoms with van der Waals surface area (Å²) in [5.74, 6) is -0.115. The van der Waals surface area contributed by atoms with Gasteiger partial charge in [-0.15, -0.1) is 0 Å². The molecule has 0 atom stereocenters. The fraction of sp³-hybridized carbons (Fsp3) is 0.435. The number of imide groups is 1. The van der Waals surface area contributed by atoms with Crippen LogP contribution in [-0.4, -0.2) is 59.4 Å². The summed E-state index contributed by atoms with van der Waals surface area (Å²) in [5, 5.41) is 7.65. The fourth-order valence-corrected chi connectivity index (χ4v) is 4.46. The van der Waals surface area contributed by atoms with Gasteiger partial charge >= 0.3 is 6.03 Å². The first-order valence-electron chi connectivity index (χ1n) is 10.5. The molecular formula is C23H28N4O3. The number of amides is 4. The van der Waals surface area contributed by atoms with Gasteiger partial charge in [-0.3, -0.25) is 14.5 Å². The number of urea groups is 1. The molecule has 0 saturated carbocycles. The van der Waals surface area contributed by atoms with Gasteiger partial charge in [0.25, 0.3) is 5.91 Å². The molecule has 0 unspecified atom stereocenters. The number of carbonyl (C=O) groups is 3. The highest BCUT2D eigenvalue weighted by molar-refractivity contribution is 6.11. The molecule has 2 saturated heterocycles. The van der Waals surface area contributed by atoms with Crippen LogP contribution in [0.15, 0.2) is 42.5 Å².